The summed E-state index contributed by atoms with van der Waals surface area (Å²) in [5, 5.41) is 0.674. The maximum atomic E-state index is 14.7. The molecule has 0 aliphatic heterocycles. The van der Waals surface area contributed by atoms with Crippen LogP contribution in [0.15, 0.2) is 30.3 Å². The van der Waals surface area contributed by atoms with Crippen molar-refractivity contribution in [1.29, 1.82) is 0 Å². The highest BCUT2D eigenvalue weighted by molar-refractivity contribution is 7.78. The van der Waals surface area contributed by atoms with E-state index in [0.717, 1.165) is 6.42 Å². The third-order valence-corrected chi connectivity index (χ3v) is 46.3. The van der Waals surface area contributed by atoms with Crippen molar-refractivity contribution in [3.8, 4) is 0 Å². The molecular weight excluding hydrogens is 433 g/mol. The molecule has 1 aliphatic carbocycles. The fourth-order valence-electron chi connectivity index (χ4n) is 5.89. The minimum Gasteiger partial charge on any atom is -0.417 e. The maximum Gasteiger partial charge on any atom is 0.183 e. The van der Waals surface area contributed by atoms with E-state index < -0.39 is 30.6 Å². The van der Waals surface area contributed by atoms with Crippen molar-refractivity contribution in [2.45, 2.75) is 97.8 Å². The average Bonchev–Trinajstić information content (AvgIpc) is 3.31. The van der Waals surface area contributed by atoms with Gasteiger partial charge in [0.1, 0.15) is 12.5 Å². The van der Waals surface area contributed by atoms with Crippen molar-refractivity contribution in [2.75, 3.05) is 0 Å². The van der Waals surface area contributed by atoms with Crippen LogP contribution in [0.5, 0.6) is 0 Å². The van der Waals surface area contributed by atoms with Gasteiger partial charge >= 0.3 is 0 Å². The van der Waals surface area contributed by atoms with Gasteiger partial charge in [0, 0.05) is 26.8 Å². The van der Waals surface area contributed by atoms with Crippen molar-refractivity contribution in [3.05, 3.63) is 35.9 Å². The van der Waals surface area contributed by atoms with E-state index in [-0.39, 0.29) is 17.1 Å². The molecule has 1 aromatic carbocycles. The predicted molar refractivity (Wildman–Crippen MR) is 142 cm³/mol. The smallest absolute Gasteiger partial charge is 0.183 e. The van der Waals surface area contributed by atoms with Crippen molar-refractivity contribution >= 4 is 36.0 Å². The van der Waals surface area contributed by atoms with Crippen LogP contribution >= 0.6 is 0 Å². The quantitative estimate of drug-likeness (QED) is 0.376. The zero-order chi connectivity index (χ0) is 23.3. The van der Waals surface area contributed by atoms with Gasteiger partial charge in [-0.3, -0.25) is 0 Å². The molecule has 0 N–H and O–H groups in total. The molecule has 0 radical (unpaired) electrons. The molecule has 0 amide bonds. The first kappa shape index (κ1) is 26.0. The van der Waals surface area contributed by atoms with Crippen LogP contribution in [-0.2, 0) is 9.22 Å². The Morgan fingerprint density at radius 1 is 0.900 bits per heavy atom. The Morgan fingerprint density at radius 3 is 1.73 bits per heavy atom. The summed E-state index contributed by atoms with van der Waals surface area (Å²) in [6, 6.07) is 10.7. The Bertz CT molecular complexity index is 735. The molecule has 1 saturated carbocycles. The Kier molecular flexibility index (Phi) is 7.14. The van der Waals surface area contributed by atoms with Gasteiger partial charge in [0.2, 0.25) is 0 Å². The lowest BCUT2D eigenvalue weighted by atomic mass is 9.98. The zero-order valence-electron chi connectivity index (χ0n) is 21.6. The molecule has 1 fully saturated rings. The van der Waals surface area contributed by atoms with Gasteiger partial charge in [-0.25, -0.2) is 0 Å². The van der Waals surface area contributed by atoms with E-state index in [1.54, 1.807) is 0 Å². The van der Waals surface area contributed by atoms with Crippen LogP contribution in [0.1, 0.15) is 38.7 Å². The second-order valence-electron chi connectivity index (χ2n) is 13.5. The van der Waals surface area contributed by atoms with Crippen LogP contribution in [0.3, 0.4) is 0 Å². The predicted octanol–water partition coefficient (Wildman–Crippen LogP) is 6.99. The molecule has 6 heteroatoms. The van der Waals surface area contributed by atoms with Gasteiger partial charge < -0.3 is 9.22 Å². The van der Waals surface area contributed by atoms with Crippen LogP contribution in [-0.4, -0.2) is 41.7 Å². The topological polar surface area (TPSA) is 26.3 Å². The van der Waals surface area contributed by atoms with E-state index in [4.69, 9.17) is 4.43 Å². The highest BCUT2D eigenvalue weighted by Gasteiger charge is 2.70. The fraction of sp³-hybridized carbons (Fsp3) is 0.708. The van der Waals surface area contributed by atoms with Gasteiger partial charge in [0.25, 0.3) is 0 Å². The van der Waals surface area contributed by atoms with E-state index in [9.17, 15) is 4.79 Å². The summed E-state index contributed by atoms with van der Waals surface area (Å²) in [5.41, 5.74) is 1.46. The Labute approximate surface area is 189 Å². The third-order valence-electron chi connectivity index (χ3n) is 6.76. The van der Waals surface area contributed by atoms with E-state index in [1.807, 2.05) is 0 Å². The van der Waals surface area contributed by atoms with Crippen LogP contribution in [0.2, 0.25) is 58.9 Å². The summed E-state index contributed by atoms with van der Waals surface area (Å²) in [7, 11) is -7.84. The molecule has 170 valence electrons. The summed E-state index contributed by atoms with van der Waals surface area (Å²) < 4.78 is 7.11. The number of carbonyl (C=O) groups is 1. The minimum atomic E-state index is -2.40. The Morgan fingerprint density at radius 2 is 1.37 bits per heavy atom. The molecule has 0 aromatic heterocycles. The van der Waals surface area contributed by atoms with E-state index >= 15 is 0 Å². The summed E-state index contributed by atoms with van der Waals surface area (Å²) in [6.45, 7) is 28.8. The molecule has 0 bridgehead atoms. The number of rotatable bonds is 8. The number of hydrogen-bond donors (Lipinski definition) is 0. The van der Waals surface area contributed by atoms with Gasteiger partial charge in [-0.15, -0.1) is 0 Å². The largest absolute Gasteiger partial charge is 0.417 e. The van der Waals surface area contributed by atoms with E-state index in [1.165, 1.54) is 5.56 Å². The molecule has 2 nitrogen and oxygen atoms in total. The maximum absolute atomic E-state index is 14.7. The molecule has 3 atom stereocenters. The highest BCUT2D eigenvalue weighted by Crippen LogP contribution is 2.53. The summed E-state index contributed by atoms with van der Waals surface area (Å²) in [4.78, 5) is 14.7. The van der Waals surface area contributed by atoms with Crippen LogP contribution < -0.4 is 0 Å². The van der Waals surface area contributed by atoms with Crippen LogP contribution in [0, 0.1) is 11.3 Å². The zero-order valence-corrected chi connectivity index (χ0v) is 25.6. The SMILES string of the molecule is CC(C)(C)C(O[Si](C)(C)C)[Si](C(=O)C1CC1c1ccccc1)([Si](C)(C)C)[Si](C)(C)C. The van der Waals surface area contributed by atoms with Crippen LogP contribution in [0.4, 0.5) is 0 Å². The van der Waals surface area contributed by atoms with Gasteiger partial charge in [-0.2, -0.15) is 0 Å². The van der Waals surface area contributed by atoms with Crippen molar-refractivity contribution < 1.29 is 9.22 Å². The number of carbonyl (C=O) groups excluding carboxylic acids is 1. The summed E-state index contributed by atoms with van der Waals surface area (Å²) in [6.07, 6.45) is 1.04. The van der Waals surface area contributed by atoms with Crippen molar-refractivity contribution in [3.63, 3.8) is 0 Å². The number of hydrogen-bond acceptors (Lipinski definition) is 2. The highest BCUT2D eigenvalue weighted by atomic mass is 29.6. The van der Waals surface area contributed by atoms with Gasteiger partial charge in [-0.1, -0.05) is 90.4 Å². The second kappa shape index (κ2) is 8.25. The Hall–Kier alpha value is -0.282. The van der Waals surface area contributed by atoms with E-state index in [2.05, 4.69) is 110 Å². The summed E-state index contributed by atoms with van der Waals surface area (Å²) >= 11 is 0. The molecule has 30 heavy (non-hydrogen) atoms. The van der Waals surface area contributed by atoms with Crippen molar-refractivity contribution in [2.24, 2.45) is 11.3 Å². The molecule has 0 spiro atoms. The fourth-order valence-corrected chi connectivity index (χ4v) is 57.4. The first-order valence-corrected chi connectivity index (χ1v) is 26.1. The van der Waals surface area contributed by atoms with Crippen molar-refractivity contribution in [1.82, 2.24) is 0 Å². The minimum absolute atomic E-state index is 0.0140. The molecular formula is C24H46O2Si4. The lowest BCUT2D eigenvalue weighted by Gasteiger charge is -2.57. The first-order valence-electron chi connectivity index (χ1n) is 11.6. The lowest BCUT2D eigenvalue weighted by molar-refractivity contribution is -0.114. The molecule has 0 saturated heterocycles. The van der Waals surface area contributed by atoms with Gasteiger partial charge in [0.05, 0.1) is 0 Å². The molecule has 2 rings (SSSR count). The van der Waals surface area contributed by atoms with Gasteiger partial charge in [-0.05, 0) is 43.0 Å². The van der Waals surface area contributed by atoms with Crippen LogP contribution in [0.25, 0.3) is 0 Å². The molecule has 1 aromatic rings. The standard InChI is InChI=1S/C24H46O2Si4/c1-24(2,3)23(26-27(4,5)6)30(28(7,8)9,29(10,11)12)22(25)21-18-20(21)19-16-14-13-15-17-19/h13-17,20-21,23H,18H2,1-12H3. The first-order chi connectivity index (χ1) is 13.3. The second-order valence-corrected chi connectivity index (χ2v) is 44.8. The molecule has 3 unspecified atom stereocenters. The monoisotopic (exact) mass is 478 g/mol. The Balaban J connectivity index is 2.66. The average molecular weight is 479 g/mol. The lowest BCUT2D eigenvalue weighted by Crippen LogP contribution is -2.85. The van der Waals surface area contributed by atoms with Gasteiger partial charge in [0.15, 0.2) is 8.32 Å². The number of benzene rings is 1. The molecule has 1 aliphatic rings. The summed E-state index contributed by atoms with van der Waals surface area (Å²) in [5.74, 6) is 0.637. The molecule has 0 heterocycles. The van der Waals surface area contributed by atoms with E-state index in [0.29, 0.717) is 11.3 Å². The third kappa shape index (κ3) is 5.03. The normalized spacial score (nSPS) is 22.0.